The largest absolute Gasteiger partial charge is 0.479 e. The van der Waals surface area contributed by atoms with E-state index in [0.29, 0.717) is 35.3 Å². The first-order valence-corrected chi connectivity index (χ1v) is 15.7. The van der Waals surface area contributed by atoms with Gasteiger partial charge in [-0.25, -0.2) is 19.3 Å². The number of aliphatic hydroxyl groups excluding tert-OH is 2. The van der Waals surface area contributed by atoms with E-state index in [1.54, 1.807) is 6.20 Å². The maximum atomic E-state index is 14.4. The average Bonchev–Trinajstić information content (AvgIpc) is 3.63. The van der Waals surface area contributed by atoms with E-state index in [4.69, 9.17) is 46.6 Å². The number of carboxylic acids is 2. The van der Waals surface area contributed by atoms with Crippen LogP contribution in [-0.2, 0) is 37.1 Å². The van der Waals surface area contributed by atoms with E-state index in [0.717, 1.165) is 55.5 Å². The number of pyridine rings is 1. The minimum absolute atomic E-state index is 0.0424. The van der Waals surface area contributed by atoms with Crippen molar-refractivity contribution in [2.45, 2.75) is 50.0 Å². The highest BCUT2D eigenvalue weighted by Crippen LogP contribution is 2.52. The highest BCUT2D eigenvalue weighted by atomic mass is 35.5. The molecule has 17 heteroatoms. The molecular weight excluding hydrogens is 652 g/mol. The Kier molecular flexibility index (Phi) is 10.3. The summed E-state index contributed by atoms with van der Waals surface area (Å²) in [6, 6.07) is 5.44. The number of anilines is 1. The minimum Gasteiger partial charge on any atom is -0.479 e. The zero-order valence-electron chi connectivity index (χ0n) is 24.8. The number of fused-ring (bicyclic) bond motifs is 2. The standard InChI is InChI=1S/C25H28ClF2N5O2S.C4H6O6/c1-17-18(15-33(30-17)23-20(3-2-6-29-23)32-9-11-34-12-10-32)14-31-7-4-24(5-8-31)22-19(13-21(26)36-22)25(27,28)16-35-24;5-1(3(7)8)2(6)4(9)10/h2-3,6,13,15H,4-5,7-12,14,16H2,1H3;1-2,5-6H,(H,7,8)(H,9,10)/t;1-,2-/m.1/s1. The number of carboxylic acid groups (broad SMARTS) is 2. The van der Waals surface area contributed by atoms with Crippen LogP contribution in [0.3, 0.4) is 0 Å². The van der Waals surface area contributed by atoms with Crippen molar-refractivity contribution in [2.75, 3.05) is 50.9 Å². The van der Waals surface area contributed by atoms with Gasteiger partial charge in [-0.3, -0.25) is 4.90 Å². The van der Waals surface area contributed by atoms with E-state index in [9.17, 15) is 18.4 Å². The Morgan fingerprint density at radius 1 is 1.11 bits per heavy atom. The lowest BCUT2D eigenvalue weighted by atomic mass is 9.84. The zero-order chi connectivity index (χ0) is 33.2. The van der Waals surface area contributed by atoms with E-state index in [-0.39, 0.29) is 5.56 Å². The second-order valence-electron chi connectivity index (χ2n) is 11.3. The molecule has 46 heavy (non-hydrogen) atoms. The Labute approximate surface area is 271 Å². The highest BCUT2D eigenvalue weighted by molar-refractivity contribution is 7.16. The van der Waals surface area contributed by atoms with Crippen molar-refractivity contribution in [1.29, 1.82) is 0 Å². The van der Waals surface area contributed by atoms with Gasteiger partial charge in [0.1, 0.15) is 12.2 Å². The first kappa shape index (κ1) is 34.1. The molecule has 3 aromatic rings. The Morgan fingerprint density at radius 2 is 1.76 bits per heavy atom. The molecule has 0 amide bonds. The monoisotopic (exact) mass is 685 g/mol. The normalized spacial score (nSPS) is 20.3. The second kappa shape index (κ2) is 13.9. The van der Waals surface area contributed by atoms with E-state index in [2.05, 4.69) is 27.0 Å². The predicted molar refractivity (Wildman–Crippen MR) is 162 cm³/mol. The smallest absolute Gasteiger partial charge is 0.335 e. The van der Waals surface area contributed by atoms with Crippen molar-refractivity contribution in [3.05, 3.63) is 56.6 Å². The molecule has 3 aliphatic heterocycles. The molecule has 6 rings (SSSR count). The predicted octanol–water partition coefficient (Wildman–Crippen LogP) is 2.62. The van der Waals surface area contributed by atoms with Crippen molar-refractivity contribution in [1.82, 2.24) is 19.7 Å². The fraction of sp³-hybridized carbons (Fsp3) is 0.517. The fourth-order valence-corrected chi connectivity index (χ4v) is 7.15. The number of hydrogen-bond acceptors (Lipinski definition) is 11. The molecule has 0 saturated carbocycles. The number of nitrogens with zero attached hydrogens (tertiary/aromatic N) is 5. The molecule has 0 aliphatic carbocycles. The first-order chi connectivity index (χ1) is 21.8. The van der Waals surface area contributed by atoms with Gasteiger partial charge in [0.2, 0.25) is 0 Å². The molecule has 2 fully saturated rings. The molecule has 4 N–H and O–H groups in total. The number of alkyl halides is 2. The number of aromatic nitrogens is 3. The molecule has 13 nitrogen and oxygen atoms in total. The lowest BCUT2D eigenvalue weighted by Crippen LogP contribution is -2.48. The summed E-state index contributed by atoms with van der Waals surface area (Å²) in [4.78, 5) is 29.4. The molecule has 0 unspecified atom stereocenters. The quantitative estimate of drug-likeness (QED) is 0.287. The number of rotatable bonds is 7. The summed E-state index contributed by atoms with van der Waals surface area (Å²) in [6.45, 7) is 6.70. The number of morpholine rings is 1. The highest BCUT2D eigenvalue weighted by Gasteiger charge is 2.51. The number of thiophene rings is 1. The number of carbonyl (C=O) groups is 2. The van der Waals surface area contributed by atoms with Gasteiger partial charge in [-0.15, -0.1) is 11.3 Å². The van der Waals surface area contributed by atoms with Gasteiger partial charge >= 0.3 is 11.9 Å². The topological polar surface area (TPSA) is 171 Å². The molecule has 1 spiro atoms. The number of hydrogen-bond donors (Lipinski definition) is 4. The van der Waals surface area contributed by atoms with Crippen molar-refractivity contribution in [3.8, 4) is 5.82 Å². The van der Waals surface area contributed by atoms with Crippen LogP contribution < -0.4 is 4.90 Å². The van der Waals surface area contributed by atoms with Gasteiger partial charge in [-0.05, 0) is 38.0 Å². The van der Waals surface area contributed by atoms with Crippen molar-refractivity contribution < 1.29 is 48.3 Å². The lowest BCUT2D eigenvalue weighted by Gasteiger charge is -2.45. The average molecular weight is 686 g/mol. The maximum absolute atomic E-state index is 14.4. The Bertz CT molecular complexity index is 1540. The van der Waals surface area contributed by atoms with Gasteiger partial charge in [-0.2, -0.15) is 13.9 Å². The summed E-state index contributed by atoms with van der Waals surface area (Å²) < 4.78 is 42.5. The third kappa shape index (κ3) is 7.17. The molecule has 0 bridgehead atoms. The van der Waals surface area contributed by atoms with Gasteiger partial charge < -0.3 is 34.8 Å². The van der Waals surface area contributed by atoms with Gasteiger partial charge in [0.15, 0.2) is 18.0 Å². The van der Waals surface area contributed by atoms with Gasteiger partial charge in [-0.1, -0.05) is 11.6 Å². The third-order valence-corrected chi connectivity index (χ3v) is 9.69. The van der Waals surface area contributed by atoms with Gasteiger partial charge in [0.05, 0.1) is 28.9 Å². The summed E-state index contributed by atoms with van der Waals surface area (Å²) in [5.41, 5.74) is 2.49. The van der Waals surface area contributed by atoms with E-state index < -0.39 is 42.3 Å². The van der Waals surface area contributed by atoms with Crippen LogP contribution in [0.5, 0.6) is 0 Å². The molecule has 2 saturated heterocycles. The van der Waals surface area contributed by atoms with Crippen LogP contribution in [0.4, 0.5) is 14.5 Å². The fourth-order valence-electron chi connectivity index (χ4n) is 5.67. The third-order valence-electron chi connectivity index (χ3n) is 8.24. The molecule has 250 valence electrons. The number of aliphatic carboxylic acids is 2. The van der Waals surface area contributed by atoms with Crippen LogP contribution in [0.1, 0.15) is 34.5 Å². The number of ether oxygens (including phenoxy) is 2. The molecular formula is C29H34ClF2N5O8S. The van der Waals surface area contributed by atoms with Crippen molar-refractivity contribution in [3.63, 3.8) is 0 Å². The summed E-state index contributed by atoms with van der Waals surface area (Å²) in [7, 11) is 0. The molecule has 6 heterocycles. The van der Waals surface area contributed by atoms with E-state index in [1.165, 1.54) is 17.4 Å². The van der Waals surface area contributed by atoms with Crippen molar-refractivity contribution >= 4 is 40.6 Å². The van der Waals surface area contributed by atoms with Crippen molar-refractivity contribution in [2.24, 2.45) is 0 Å². The Morgan fingerprint density at radius 3 is 2.39 bits per heavy atom. The molecule has 3 aromatic heterocycles. The summed E-state index contributed by atoms with van der Waals surface area (Å²) in [5, 5.41) is 37.3. The number of likely N-dealkylation sites (tertiary alicyclic amines) is 1. The molecule has 2 atom stereocenters. The van der Waals surface area contributed by atoms with Gasteiger partial charge in [0, 0.05) is 61.1 Å². The van der Waals surface area contributed by atoms with Crippen LogP contribution in [0.2, 0.25) is 4.34 Å². The zero-order valence-corrected chi connectivity index (χ0v) is 26.4. The molecule has 0 aromatic carbocycles. The number of halogens is 3. The van der Waals surface area contributed by atoms with E-state index in [1.807, 2.05) is 17.7 Å². The Balaban J connectivity index is 0.000000362. The van der Waals surface area contributed by atoms with Crippen LogP contribution in [0.15, 0.2) is 30.6 Å². The summed E-state index contributed by atoms with van der Waals surface area (Å²) in [5.74, 6) is -5.71. The summed E-state index contributed by atoms with van der Waals surface area (Å²) in [6.07, 6.45) is 0.623. The number of piperidine rings is 1. The minimum atomic E-state index is -2.99. The van der Waals surface area contributed by atoms with Crippen LogP contribution in [0.25, 0.3) is 5.82 Å². The van der Waals surface area contributed by atoms with Gasteiger partial charge in [0.25, 0.3) is 5.92 Å². The molecule has 3 aliphatic rings. The lowest BCUT2D eigenvalue weighted by molar-refractivity contribution is -0.182. The molecule has 0 radical (unpaired) electrons. The second-order valence-corrected chi connectivity index (χ2v) is 12.9. The SMILES string of the molecule is Cc1nn(-c2ncccc2N2CCOCC2)cc1CN1CCC2(CC1)OCC(F)(F)c1cc(Cl)sc12.O=C(O)[C@H](O)[C@@H](O)C(=O)O. The Hall–Kier alpha value is -3.25. The number of aryl methyl sites for hydroxylation is 1. The van der Waals surface area contributed by atoms with Crippen LogP contribution in [0, 0.1) is 6.92 Å². The maximum Gasteiger partial charge on any atom is 0.335 e. The van der Waals surface area contributed by atoms with E-state index >= 15 is 0 Å². The first-order valence-electron chi connectivity index (χ1n) is 14.5. The van der Waals surface area contributed by atoms with Crippen LogP contribution in [-0.4, -0.2) is 110 Å². The van der Waals surface area contributed by atoms with Crippen LogP contribution >= 0.6 is 22.9 Å². The summed E-state index contributed by atoms with van der Waals surface area (Å²) >= 11 is 7.37. The number of aliphatic hydroxyl groups is 2.